The van der Waals surface area contributed by atoms with Crippen molar-refractivity contribution in [3.63, 3.8) is 0 Å². The van der Waals surface area contributed by atoms with Crippen LogP contribution < -0.4 is 0 Å². The molecule has 0 aliphatic heterocycles. The van der Waals surface area contributed by atoms with E-state index in [0.29, 0.717) is 5.41 Å². The highest BCUT2D eigenvalue weighted by atomic mass is 35.5. The van der Waals surface area contributed by atoms with Gasteiger partial charge in [-0.2, -0.15) is 0 Å². The first-order valence-electron chi connectivity index (χ1n) is 5.89. The maximum atomic E-state index is 6.32. The Morgan fingerprint density at radius 3 is 2.56 bits per heavy atom. The van der Waals surface area contributed by atoms with Crippen molar-refractivity contribution in [2.24, 2.45) is 5.41 Å². The zero-order chi connectivity index (χ0) is 11.8. The van der Waals surface area contributed by atoms with Gasteiger partial charge in [0.1, 0.15) is 0 Å². The molecule has 0 bridgehead atoms. The quantitative estimate of drug-likeness (QED) is 0.612. The van der Waals surface area contributed by atoms with Crippen molar-refractivity contribution in [2.75, 3.05) is 0 Å². The minimum atomic E-state index is 0.179. The molecule has 0 saturated carbocycles. The van der Waals surface area contributed by atoms with Gasteiger partial charge in [-0.25, -0.2) is 0 Å². The van der Waals surface area contributed by atoms with Gasteiger partial charge in [-0.05, 0) is 41.9 Å². The average Bonchev–Trinajstić information content (AvgIpc) is 2.15. The van der Waals surface area contributed by atoms with Crippen LogP contribution >= 0.6 is 11.6 Å². The van der Waals surface area contributed by atoms with Crippen LogP contribution in [-0.2, 0) is 0 Å². The Kier molecular flexibility index (Phi) is 3.12. The molecule has 0 nitrogen and oxygen atoms in total. The van der Waals surface area contributed by atoms with E-state index < -0.39 is 0 Å². The Balaban J connectivity index is 2.38. The SMILES string of the molecule is Cc1ccccc1C1=CC(Cl)CC(C)(C)C1. The lowest BCUT2D eigenvalue weighted by molar-refractivity contribution is 0.340. The minimum absolute atomic E-state index is 0.179. The first-order valence-corrected chi connectivity index (χ1v) is 6.32. The highest BCUT2D eigenvalue weighted by Gasteiger charge is 2.28. The fourth-order valence-corrected chi connectivity index (χ4v) is 3.14. The number of aryl methyl sites for hydroxylation is 1. The molecule has 1 heteroatoms. The summed E-state index contributed by atoms with van der Waals surface area (Å²) in [6, 6.07) is 8.56. The minimum Gasteiger partial charge on any atom is -0.118 e. The van der Waals surface area contributed by atoms with Crippen LogP contribution in [0.1, 0.15) is 37.8 Å². The molecule has 1 aromatic rings. The van der Waals surface area contributed by atoms with Crippen LogP contribution in [0.2, 0.25) is 0 Å². The Labute approximate surface area is 103 Å². The average molecular weight is 235 g/mol. The van der Waals surface area contributed by atoms with Gasteiger partial charge in [-0.3, -0.25) is 0 Å². The zero-order valence-electron chi connectivity index (χ0n) is 10.3. The van der Waals surface area contributed by atoms with Crippen molar-refractivity contribution in [3.8, 4) is 0 Å². The summed E-state index contributed by atoms with van der Waals surface area (Å²) in [5.41, 5.74) is 4.43. The lowest BCUT2D eigenvalue weighted by Gasteiger charge is -2.33. The maximum absolute atomic E-state index is 6.32. The third kappa shape index (κ3) is 2.49. The summed E-state index contributed by atoms with van der Waals surface area (Å²) in [6.07, 6.45) is 4.43. The van der Waals surface area contributed by atoms with E-state index in [9.17, 15) is 0 Å². The third-order valence-electron chi connectivity index (χ3n) is 3.29. The van der Waals surface area contributed by atoms with E-state index in [4.69, 9.17) is 11.6 Å². The lowest BCUT2D eigenvalue weighted by atomic mass is 9.75. The van der Waals surface area contributed by atoms with E-state index in [1.54, 1.807) is 0 Å². The van der Waals surface area contributed by atoms with E-state index in [0.717, 1.165) is 12.8 Å². The van der Waals surface area contributed by atoms with E-state index in [1.165, 1.54) is 16.7 Å². The summed E-state index contributed by atoms with van der Waals surface area (Å²) < 4.78 is 0. The number of hydrogen-bond donors (Lipinski definition) is 0. The van der Waals surface area contributed by atoms with E-state index in [-0.39, 0.29) is 5.38 Å². The van der Waals surface area contributed by atoms with Crippen molar-refractivity contribution in [1.29, 1.82) is 0 Å². The van der Waals surface area contributed by atoms with Gasteiger partial charge < -0.3 is 0 Å². The highest BCUT2D eigenvalue weighted by molar-refractivity contribution is 6.22. The Hall–Kier alpha value is -0.750. The first-order chi connectivity index (χ1) is 7.48. The summed E-state index contributed by atoms with van der Waals surface area (Å²) in [6.45, 7) is 6.77. The molecule has 0 amide bonds. The molecule has 0 heterocycles. The summed E-state index contributed by atoms with van der Waals surface area (Å²) in [7, 11) is 0. The molecular formula is C15H19Cl. The number of allylic oxidation sites excluding steroid dienone is 2. The number of benzene rings is 1. The van der Waals surface area contributed by atoms with Crippen LogP contribution in [0.4, 0.5) is 0 Å². The van der Waals surface area contributed by atoms with Crippen molar-refractivity contribution in [1.82, 2.24) is 0 Å². The van der Waals surface area contributed by atoms with Crippen molar-refractivity contribution in [3.05, 3.63) is 41.5 Å². The Morgan fingerprint density at radius 1 is 1.25 bits per heavy atom. The van der Waals surface area contributed by atoms with Gasteiger partial charge in [0.2, 0.25) is 0 Å². The Morgan fingerprint density at radius 2 is 1.94 bits per heavy atom. The summed E-state index contributed by atoms with van der Waals surface area (Å²) in [5, 5.41) is 0.179. The van der Waals surface area contributed by atoms with E-state index in [1.807, 2.05) is 0 Å². The molecular weight excluding hydrogens is 216 g/mol. The molecule has 0 N–H and O–H groups in total. The largest absolute Gasteiger partial charge is 0.118 e. The second-order valence-electron chi connectivity index (χ2n) is 5.57. The fourth-order valence-electron chi connectivity index (χ4n) is 2.57. The molecule has 0 saturated heterocycles. The van der Waals surface area contributed by atoms with Gasteiger partial charge in [0.05, 0.1) is 5.38 Å². The van der Waals surface area contributed by atoms with Crippen LogP contribution in [-0.4, -0.2) is 5.38 Å². The molecule has 1 aliphatic carbocycles. The van der Waals surface area contributed by atoms with Gasteiger partial charge in [0.25, 0.3) is 0 Å². The molecule has 0 fully saturated rings. The van der Waals surface area contributed by atoms with Crippen LogP contribution in [0, 0.1) is 12.3 Å². The van der Waals surface area contributed by atoms with Crippen molar-refractivity contribution in [2.45, 2.75) is 39.0 Å². The topological polar surface area (TPSA) is 0 Å². The summed E-state index contributed by atoms with van der Waals surface area (Å²) in [5.74, 6) is 0. The van der Waals surface area contributed by atoms with Crippen molar-refractivity contribution < 1.29 is 0 Å². The second kappa shape index (κ2) is 4.25. The predicted molar refractivity (Wildman–Crippen MR) is 71.8 cm³/mol. The van der Waals surface area contributed by atoms with Crippen LogP contribution in [0.15, 0.2) is 30.3 Å². The molecule has 0 radical (unpaired) electrons. The van der Waals surface area contributed by atoms with Gasteiger partial charge in [0, 0.05) is 0 Å². The predicted octanol–water partition coefficient (Wildman–Crippen LogP) is 4.81. The van der Waals surface area contributed by atoms with Crippen molar-refractivity contribution >= 4 is 17.2 Å². The van der Waals surface area contributed by atoms with Crippen LogP contribution in [0.5, 0.6) is 0 Å². The lowest BCUT2D eigenvalue weighted by Crippen LogP contribution is -2.21. The molecule has 2 rings (SSSR count). The zero-order valence-corrected chi connectivity index (χ0v) is 11.0. The standard InChI is InChI=1S/C15H19Cl/c1-11-6-4-5-7-14(11)12-8-13(16)10-15(2,3)9-12/h4-8,13H,9-10H2,1-3H3. The first kappa shape index (κ1) is 11.7. The molecule has 16 heavy (non-hydrogen) atoms. The number of alkyl halides is 1. The van der Waals surface area contributed by atoms with Gasteiger partial charge >= 0.3 is 0 Å². The van der Waals surface area contributed by atoms with Gasteiger partial charge in [-0.15, -0.1) is 11.6 Å². The fraction of sp³-hybridized carbons (Fsp3) is 0.467. The normalized spacial score (nSPS) is 24.0. The molecule has 1 atom stereocenters. The van der Waals surface area contributed by atoms with Crippen LogP contribution in [0.3, 0.4) is 0 Å². The number of rotatable bonds is 1. The summed E-state index contributed by atoms with van der Waals surface area (Å²) in [4.78, 5) is 0. The number of halogens is 1. The second-order valence-corrected chi connectivity index (χ2v) is 6.13. The molecule has 0 aromatic heterocycles. The highest BCUT2D eigenvalue weighted by Crippen LogP contribution is 2.41. The molecule has 0 spiro atoms. The smallest absolute Gasteiger partial charge is 0.0527 e. The van der Waals surface area contributed by atoms with Gasteiger partial charge in [0.15, 0.2) is 0 Å². The van der Waals surface area contributed by atoms with E-state index in [2.05, 4.69) is 51.1 Å². The van der Waals surface area contributed by atoms with E-state index >= 15 is 0 Å². The maximum Gasteiger partial charge on any atom is 0.0527 e. The molecule has 1 aliphatic rings. The molecule has 1 unspecified atom stereocenters. The monoisotopic (exact) mass is 234 g/mol. The Bertz CT molecular complexity index is 415. The third-order valence-corrected chi connectivity index (χ3v) is 3.57. The summed E-state index contributed by atoms with van der Waals surface area (Å²) >= 11 is 6.32. The molecule has 1 aromatic carbocycles. The number of hydrogen-bond acceptors (Lipinski definition) is 0. The van der Waals surface area contributed by atoms with Crippen LogP contribution in [0.25, 0.3) is 5.57 Å². The molecule has 86 valence electrons. The van der Waals surface area contributed by atoms with Gasteiger partial charge in [-0.1, -0.05) is 44.2 Å².